The van der Waals surface area contributed by atoms with Crippen LogP contribution in [0.15, 0.2) is 24.3 Å². The summed E-state index contributed by atoms with van der Waals surface area (Å²) in [6, 6.07) is 9.03. The number of hydrogen-bond acceptors (Lipinski definition) is 1. The molecular formula is C12H19N. The van der Waals surface area contributed by atoms with Crippen LogP contribution in [0.2, 0.25) is 0 Å². The van der Waals surface area contributed by atoms with Crippen LogP contribution in [0.25, 0.3) is 0 Å². The van der Waals surface area contributed by atoms with E-state index < -0.39 is 0 Å². The van der Waals surface area contributed by atoms with Gasteiger partial charge in [-0.1, -0.05) is 26.0 Å². The Kier molecular flexibility index (Phi) is 3.35. The van der Waals surface area contributed by atoms with Crippen LogP contribution in [0, 0.1) is 12.8 Å². The lowest BCUT2D eigenvalue weighted by Gasteiger charge is -2.18. The van der Waals surface area contributed by atoms with Gasteiger partial charge in [0.15, 0.2) is 0 Å². The quantitative estimate of drug-likeness (QED) is 0.745. The van der Waals surface area contributed by atoms with E-state index in [9.17, 15) is 0 Å². The van der Waals surface area contributed by atoms with Gasteiger partial charge >= 0.3 is 0 Å². The third kappa shape index (κ3) is 3.10. The molecule has 0 radical (unpaired) electrons. The number of hydrogen-bond donors (Lipinski definition) is 1. The minimum absolute atomic E-state index is 0.529. The maximum atomic E-state index is 3.48. The summed E-state index contributed by atoms with van der Waals surface area (Å²) >= 11 is 0. The van der Waals surface area contributed by atoms with E-state index >= 15 is 0 Å². The standard InChI is InChI=1S/C12H19N/c1-9(2)11(4)13-12-7-5-6-10(3)8-12/h5-9,11,13H,1-4H3/t11-/m0/s1. The Morgan fingerprint density at radius 1 is 1.15 bits per heavy atom. The molecule has 0 aliphatic heterocycles. The van der Waals surface area contributed by atoms with Crippen LogP contribution in [-0.4, -0.2) is 6.04 Å². The highest BCUT2D eigenvalue weighted by Crippen LogP contribution is 2.13. The minimum atomic E-state index is 0.529. The van der Waals surface area contributed by atoms with E-state index in [0.29, 0.717) is 12.0 Å². The smallest absolute Gasteiger partial charge is 0.0344 e. The topological polar surface area (TPSA) is 12.0 Å². The van der Waals surface area contributed by atoms with E-state index in [1.807, 2.05) is 0 Å². The number of benzene rings is 1. The van der Waals surface area contributed by atoms with Gasteiger partial charge in [0, 0.05) is 11.7 Å². The van der Waals surface area contributed by atoms with Crippen molar-refractivity contribution in [1.29, 1.82) is 0 Å². The Hall–Kier alpha value is -0.980. The van der Waals surface area contributed by atoms with Crippen molar-refractivity contribution in [2.75, 3.05) is 5.32 Å². The molecule has 0 saturated carbocycles. The van der Waals surface area contributed by atoms with Gasteiger partial charge in [-0.3, -0.25) is 0 Å². The molecule has 1 aromatic carbocycles. The lowest BCUT2D eigenvalue weighted by Crippen LogP contribution is -2.21. The Morgan fingerprint density at radius 3 is 2.38 bits per heavy atom. The maximum absolute atomic E-state index is 3.48. The molecule has 0 heterocycles. The Morgan fingerprint density at radius 2 is 1.85 bits per heavy atom. The molecule has 72 valence electrons. The van der Waals surface area contributed by atoms with Crippen LogP contribution in [0.4, 0.5) is 5.69 Å². The Bertz CT molecular complexity index is 266. The summed E-state index contributed by atoms with van der Waals surface area (Å²) < 4.78 is 0. The van der Waals surface area contributed by atoms with Gasteiger partial charge in [0.25, 0.3) is 0 Å². The zero-order valence-electron chi connectivity index (χ0n) is 8.96. The molecule has 0 bridgehead atoms. The highest BCUT2D eigenvalue weighted by atomic mass is 14.9. The summed E-state index contributed by atoms with van der Waals surface area (Å²) in [6.45, 7) is 8.79. The molecule has 0 saturated heterocycles. The third-order valence-corrected chi connectivity index (χ3v) is 2.41. The molecule has 1 nitrogen and oxygen atoms in total. The molecular weight excluding hydrogens is 158 g/mol. The second-order valence-electron chi connectivity index (χ2n) is 4.05. The number of nitrogens with one attached hydrogen (secondary N) is 1. The highest BCUT2D eigenvalue weighted by molar-refractivity contribution is 5.46. The van der Waals surface area contributed by atoms with Crippen molar-refractivity contribution in [3.63, 3.8) is 0 Å². The average Bonchev–Trinajstić information content (AvgIpc) is 2.04. The highest BCUT2D eigenvalue weighted by Gasteiger charge is 2.05. The van der Waals surface area contributed by atoms with Crippen molar-refractivity contribution in [3.8, 4) is 0 Å². The summed E-state index contributed by atoms with van der Waals surface area (Å²) in [7, 11) is 0. The largest absolute Gasteiger partial charge is 0.382 e. The Balaban J connectivity index is 2.64. The van der Waals surface area contributed by atoms with Crippen molar-refractivity contribution in [3.05, 3.63) is 29.8 Å². The molecule has 0 spiro atoms. The van der Waals surface area contributed by atoms with Gasteiger partial charge < -0.3 is 5.32 Å². The van der Waals surface area contributed by atoms with E-state index in [0.717, 1.165) is 0 Å². The molecule has 1 atom stereocenters. The van der Waals surface area contributed by atoms with E-state index in [4.69, 9.17) is 0 Å². The van der Waals surface area contributed by atoms with Crippen molar-refractivity contribution in [2.45, 2.75) is 33.7 Å². The first-order valence-corrected chi connectivity index (χ1v) is 4.93. The molecule has 0 aliphatic carbocycles. The van der Waals surface area contributed by atoms with Gasteiger partial charge in [-0.05, 0) is 37.5 Å². The zero-order valence-corrected chi connectivity index (χ0v) is 8.96. The van der Waals surface area contributed by atoms with E-state index in [1.54, 1.807) is 0 Å². The molecule has 0 amide bonds. The van der Waals surface area contributed by atoms with Crippen molar-refractivity contribution in [1.82, 2.24) is 0 Å². The number of anilines is 1. The van der Waals surface area contributed by atoms with Crippen molar-refractivity contribution in [2.24, 2.45) is 5.92 Å². The number of rotatable bonds is 3. The third-order valence-electron chi connectivity index (χ3n) is 2.41. The van der Waals surface area contributed by atoms with Gasteiger partial charge in [0.05, 0.1) is 0 Å². The van der Waals surface area contributed by atoms with Crippen molar-refractivity contribution < 1.29 is 0 Å². The van der Waals surface area contributed by atoms with Crippen LogP contribution in [0.3, 0.4) is 0 Å². The van der Waals surface area contributed by atoms with Gasteiger partial charge in [0.1, 0.15) is 0 Å². The van der Waals surface area contributed by atoms with Gasteiger partial charge in [-0.2, -0.15) is 0 Å². The van der Waals surface area contributed by atoms with Gasteiger partial charge in [-0.15, -0.1) is 0 Å². The average molecular weight is 177 g/mol. The first kappa shape index (κ1) is 10.1. The van der Waals surface area contributed by atoms with Gasteiger partial charge in [-0.25, -0.2) is 0 Å². The first-order chi connectivity index (χ1) is 6.09. The molecule has 1 heteroatoms. The fourth-order valence-electron chi connectivity index (χ4n) is 1.16. The summed E-state index contributed by atoms with van der Waals surface area (Å²) in [6.07, 6.45) is 0. The van der Waals surface area contributed by atoms with Gasteiger partial charge in [0.2, 0.25) is 0 Å². The molecule has 0 aliphatic rings. The van der Waals surface area contributed by atoms with E-state index in [-0.39, 0.29) is 0 Å². The molecule has 13 heavy (non-hydrogen) atoms. The zero-order chi connectivity index (χ0) is 9.84. The lowest BCUT2D eigenvalue weighted by atomic mass is 10.1. The predicted octanol–water partition coefficient (Wildman–Crippen LogP) is 3.45. The van der Waals surface area contributed by atoms with E-state index in [2.05, 4.69) is 57.3 Å². The molecule has 1 aromatic rings. The monoisotopic (exact) mass is 177 g/mol. The minimum Gasteiger partial charge on any atom is -0.382 e. The Labute approximate surface area is 81.2 Å². The van der Waals surface area contributed by atoms with Crippen LogP contribution in [-0.2, 0) is 0 Å². The molecule has 1 N–H and O–H groups in total. The van der Waals surface area contributed by atoms with Crippen LogP contribution in [0.1, 0.15) is 26.3 Å². The predicted molar refractivity (Wildman–Crippen MR) is 59.1 cm³/mol. The van der Waals surface area contributed by atoms with Crippen LogP contribution < -0.4 is 5.32 Å². The summed E-state index contributed by atoms with van der Waals surface area (Å²) in [5.74, 6) is 0.667. The second kappa shape index (κ2) is 4.31. The molecule has 0 fully saturated rings. The normalized spacial score (nSPS) is 13.0. The van der Waals surface area contributed by atoms with Crippen molar-refractivity contribution >= 4 is 5.69 Å². The fraction of sp³-hybridized carbons (Fsp3) is 0.500. The van der Waals surface area contributed by atoms with E-state index in [1.165, 1.54) is 11.3 Å². The lowest BCUT2D eigenvalue weighted by molar-refractivity contribution is 0.560. The molecule has 1 rings (SSSR count). The summed E-state index contributed by atoms with van der Waals surface area (Å²) in [5.41, 5.74) is 2.53. The first-order valence-electron chi connectivity index (χ1n) is 4.93. The molecule has 0 aromatic heterocycles. The summed E-state index contributed by atoms with van der Waals surface area (Å²) in [4.78, 5) is 0. The van der Waals surface area contributed by atoms with Crippen LogP contribution >= 0.6 is 0 Å². The summed E-state index contributed by atoms with van der Waals surface area (Å²) in [5, 5.41) is 3.48. The fourth-order valence-corrected chi connectivity index (χ4v) is 1.16. The van der Waals surface area contributed by atoms with Crippen LogP contribution in [0.5, 0.6) is 0 Å². The molecule has 0 unspecified atom stereocenters. The SMILES string of the molecule is Cc1cccc(N[C@@H](C)C(C)C)c1. The maximum Gasteiger partial charge on any atom is 0.0344 e. The second-order valence-corrected chi connectivity index (χ2v) is 4.05. The number of aryl methyl sites for hydroxylation is 1.